The van der Waals surface area contributed by atoms with Crippen LogP contribution in [-0.2, 0) is 16.1 Å². The molecule has 0 spiro atoms. The van der Waals surface area contributed by atoms with Gasteiger partial charge in [-0.25, -0.2) is 4.39 Å². The number of hydrogen-bond donors (Lipinski definition) is 1. The van der Waals surface area contributed by atoms with Gasteiger partial charge >= 0.3 is 5.97 Å². The standard InChI is InChI=1S/C15H19BrFNO3/c1-2-5-18(14-9-21-8-12(14)15(19)20)7-10-6-11(17)3-4-13(10)16/h3-4,6,12,14H,2,5,7-9H2,1H3,(H,19,20). The Morgan fingerprint density at radius 1 is 1.52 bits per heavy atom. The average molecular weight is 360 g/mol. The number of ether oxygens (including phenoxy) is 1. The molecule has 1 aromatic carbocycles. The number of hydrogen-bond acceptors (Lipinski definition) is 3. The molecule has 0 aliphatic carbocycles. The van der Waals surface area contributed by atoms with Crippen molar-refractivity contribution < 1.29 is 19.0 Å². The van der Waals surface area contributed by atoms with Gasteiger partial charge in [0.2, 0.25) is 0 Å². The van der Waals surface area contributed by atoms with E-state index in [0.717, 1.165) is 23.0 Å². The number of nitrogens with zero attached hydrogens (tertiary/aromatic N) is 1. The Balaban J connectivity index is 2.18. The van der Waals surface area contributed by atoms with Crippen LogP contribution in [0.4, 0.5) is 4.39 Å². The molecule has 2 rings (SSSR count). The molecule has 21 heavy (non-hydrogen) atoms. The predicted molar refractivity (Wildman–Crippen MR) is 80.5 cm³/mol. The topological polar surface area (TPSA) is 49.8 Å². The van der Waals surface area contributed by atoms with Crippen LogP contribution in [0.3, 0.4) is 0 Å². The third-order valence-corrected chi connectivity index (χ3v) is 4.50. The van der Waals surface area contributed by atoms with E-state index in [-0.39, 0.29) is 18.5 Å². The van der Waals surface area contributed by atoms with Gasteiger partial charge in [-0.1, -0.05) is 22.9 Å². The molecule has 1 fully saturated rings. The van der Waals surface area contributed by atoms with Gasteiger partial charge in [-0.3, -0.25) is 9.69 Å². The van der Waals surface area contributed by atoms with Crippen LogP contribution in [0.2, 0.25) is 0 Å². The molecule has 1 N–H and O–H groups in total. The average Bonchev–Trinajstić information content (AvgIpc) is 2.91. The Morgan fingerprint density at radius 2 is 2.29 bits per heavy atom. The third kappa shape index (κ3) is 4.02. The van der Waals surface area contributed by atoms with Crippen LogP contribution < -0.4 is 0 Å². The summed E-state index contributed by atoms with van der Waals surface area (Å²) in [6.07, 6.45) is 0.899. The fourth-order valence-electron chi connectivity index (χ4n) is 2.67. The molecule has 0 saturated carbocycles. The van der Waals surface area contributed by atoms with Crippen molar-refractivity contribution in [3.63, 3.8) is 0 Å². The summed E-state index contributed by atoms with van der Waals surface area (Å²) in [6, 6.07) is 4.39. The number of carboxylic acids is 1. The molecule has 116 valence electrons. The Bertz CT molecular complexity index is 512. The maximum atomic E-state index is 13.4. The van der Waals surface area contributed by atoms with Crippen molar-refractivity contribution in [3.8, 4) is 0 Å². The first-order chi connectivity index (χ1) is 10.0. The summed E-state index contributed by atoms with van der Waals surface area (Å²) in [5.41, 5.74) is 0.819. The Labute approximate surface area is 132 Å². The van der Waals surface area contributed by atoms with E-state index >= 15 is 0 Å². The SMILES string of the molecule is CCCN(Cc1cc(F)ccc1Br)C1COCC1C(=O)O. The van der Waals surface area contributed by atoms with Gasteiger partial charge in [-0.05, 0) is 36.7 Å². The largest absolute Gasteiger partial charge is 0.481 e. The third-order valence-electron chi connectivity index (χ3n) is 3.73. The van der Waals surface area contributed by atoms with Crippen LogP contribution in [-0.4, -0.2) is 41.8 Å². The lowest BCUT2D eigenvalue weighted by atomic mass is 10.0. The Kier molecular flexibility index (Phi) is 5.72. The summed E-state index contributed by atoms with van der Waals surface area (Å²) >= 11 is 3.42. The van der Waals surface area contributed by atoms with Gasteiger partial charge in [0.25, 0.3) is 0 Å². The molecule has 4 nitrogen and oxygen atoms in total. The predicted octanol–water partition coefficient (Wildman–Crippen LogP) is 2.90. The first kappa shape index (κ1) is 16.4. The van der Waals surface area contributed by atoms with Gasteiger partial charge in [0, 0.05) is 17.1 Å². The molecule has 1 saturated heterocycles. The first-order valence-electron chi connectivity index (χ1n) is 7.01. The highest BCUT2D eigenvalue weighted by Crippen LogP contribution is 2.25. The van der Waals surface area contributed by atoms with Crippen LogP contribution in [0.5, 0.6) is 0 Å². The number of rotatable bonds is 6. The smallest absolute Gasteiger partial charge is 0.310 e. The van der Waals surface area contributed by atoms with Gasteiger partial charge in [0.05, 0.1) is 19.1 Å². The van der Waals surface area contributed by atoms with Crippen LogP contribution in [0.25, 0.3) is 0 Å². The van der Waals surface area contributed by atoms with Crippen molar-refractivity contribution in [2.24, 2.45) is 5.92 Å². The summed E-state index contributed by atoms with van der Waals surface area (Å²) in [7, 11) is 0. The normalized spacial score (nSPS) is 21.9. The van der Waals surface area contributed by atoms with Crippen molar-refractivity contribution in [1.82, 2.24) is 4.90 Å². The van der Waals surface area contributed by atoms with Gasteiger partial charge in [0.15, 0.2) is 0 Å². The van der Waals surface area contributed by atoms with Crippen LogP contribution >= 0.6 is 15.9 Å². The fourth-order valence-corrected chi connectivity index (χ4v) is 3.04. The minimum Gasteiger partial charge on any atom is -0.481 e. The second kappa shape index (κ2) is 7.33. The zero-order valence-electron chi connectivity index (χ0n) is 11.9. The lowest BCUT2D eigenvalue weighted by Gasteiger charge is -2.30. The first-order valence-corrected chi connectivity index (χ1v) is 7.80. The lowest BCUT2D eigenvalue weighted by Crippen LogP contribution is -2.43. The molecule has 0 aromatic heterocycles. The summed E-state index contributed by atoms with van der Waals surface area (Å²) < 4.78 is 19.6. The summed E-state index contributed by atoms with van der Waals surface area (Å²) in [6.45, 7) is 3.94. The van der Waals surface area contributed by atoms with Gasteiger partial charge < -0.3 is 9.84 Å². The fraction of sp³-hybridized carbons (Fsp3) is 0.533. The van der Waals surface area contributed by atoms with E-state index in [2.05, 4.69) is 20.8 Å². The van der Waals surface area contributed by atoms with Crippen molar-refractivity contribution in [1.29, 1.82) is 0 Å². The zero-order chi connectivity index (χ0) is 15.4. The van der Waals surface area contributed by atoms with Crippen molar-refractivity contribution in [2.75, 3.05) is 19.8 Å². The van der Waals surface area contributed by atoms with Gasteiger partial charge in [0.1, 0.15) is 5.82 Å². The second-order valence-corrected chi connectivity index (χ2v) is 6.11. The molecule has 1 heterocycles. The summed E-state index contributed by atoms with van der Waals surface area (Å²) in [5.74, 6) is -1.65. The van der Waals surface area contributed by atoms with Gasteiger partial charge in [-0.2, -0.15) is 0 Å². The quantitative estimate of drug-likeness (QED) is 0.848. The molecular formula is C15H19BrFNO3. The highest BCUT2D eigenvalue weighted by Gasteiger charge is 2.37. The maximum Gasteiger partial charge on any atom is 0.310 e. The van der Waals surface area contributed by atoms with Crippen molar-refractivity contribution in [2.45, 2.75) is 25.9 Å². The molecule has 1 aliphatic rings. The minimum absolute atomic E-state index is 0.169. The summed E-state index contributed by atoms with van der Waals surface area (Å²) in [5, 5.41) is 9.29. The van der Waals surface area contributed by atoms with Crippen LogP contribution in [0, 0.1) is 11.7 Å². The zero-order valence-corrected chi connectivity index (χ0v) is 13.5. The van der Waals surface area contributed by atoms with Crippen molar-refractivity contribution >= 4 is 21.9 Å². The van der Waals surface area contributed by atoms with Crippen LogP contribution in [0.15, 0.2) is 22.7 Å². The molecule has 1 aliphatic heterocycles. The highest BCUT2D eigenvalue weighted by molar-refractivity contribution is 9.10. The molecule has 6 heteroatoms. The molecule has 1 aromatic rings. The van der Waals surface area contributed by atoms with Gasteiger partial charge in [-0.15, -0.1) is 0 Å². The van der Waals surface area contributed by atoms with E-state index in [1.165, 1.54) is 12.1 Å². The lowest BCUT2D eigenvalue weighted by molar-refractivity contribution is -0.143. The van der Waals surface area contributed by atoms with Crippen LogP contribution in [0.1, 0.15) is 18.9 Å². The Morgan fingerprint density at radius 3 is 2.95 bits per heavy atom. The van der Waals surface area contributed by atoms with E-state index in [4.69, 9.17) is 4.74 Å². The number of aliphatic carboxylic acids is 1. The minimum atomic E-state index is -0.836. The van der Waals surface area contributed by atoms with E-state index in [1.54, 1.807) is 6.07 Å². The van der Waals surface area contributed by atoms with E-state index in [9.17, 15) is 14.3 Å². The maximum absolute atomic E-state index is 13.4. The number of benzene rings is 1. The van der Waals surface area contributed by atoms with E-state index in [0.29, 0.717) is 13.2 Å². The second-order valence-electron chi connectivity index (χ2n) is 5.26. The van der Waals surface area contributed by atoms with E-state index < -0.39 is 11.9 Å². The number of halogens is 2. The number of carboxylic acid groups (broad SMARTS) is 1. The molecule has 2 unspecified atom stereocenters. The molecule has 2 atom stereocenters. The monoisotopic (exact) mass is 359 g/mol. The molecule has 0 bridgehead atoms. The highest BCUT2D eigenvalue weighted by atomic mass is 79.9. The van der Waals surface area contributed by atoms with Crippen molar-refractivity contribution in [3.05, 3.63) is 34.1 Å². The number of carbonyl (C=O) groups is 1. The summed E-state index contributed by atoms with van der Waals surface area (Å²) in [4.78, 5) is 13.4. The molecular weight excluding hydrogens is 341 g/mol. The Hall–Kier alpha value is -0.980. The van der Waals surface area contributed by atoms with E-state index in [1.807, 2.05) is 6.92 Å². The molecule has 0 radical (unpaired) electrons. The molecule has 0 amide bonds.